The smallest absolute Gasteiger partial charge is 0.246 e. The van der Waals surface area contributed by atoms with E-state index in [4.69, 9.17) is 17.2 Å². The number of nitrogens with two attached hydrogens (primary N) is 3. The number of guanidine groups is 1. The van der Waals surface area contributed by atoms with Crippen LogP contribution >= 0.6 is 0 Å². The predicted octanol–water partition coefficient (Wildman–Crippen LogP) is -0.279. The number of nitrogens with one attached hydrogen (secondary N) is 6. The van der Waals surface area contributed by atoms with Crippen LogP contribution in [-0.2, 0) is 62.4 Å². The van der Waals surface area contributed by atoms with Crippen molar-refractivity contribution in [2.75, 3.05) is 19.6 Å². The molecule has 7 rings (SSSR count). The first-order valence-corrected chi connectivity index (χ1v) is 25.4. The molecule has 0 saturated carbocycles. The van der Waals surface area contributed by atoms with Gasteiger partial charge in [-0.1, -0.05) is 103 Å². The number of hydrogen-bond donors (Lipinski definition) is 9. The fourth-order valence-electron chi connectivity index (χ4n) is 9.93. The Labute approximate surface area is 434 Å². The first-order chi connectivity index (χ1) is 36.1. The van der Waals surface area contributed by atoms with Gasteiger partial charge in [0.2, 0.25) is 53.2 Å². The Hall–Kier alpha value is -8.36. The zero-order chi connectivity index (χ0) is 53.6. The molecule has 75 heavy (non-hydrogen) atoms. The summed E-state index contributed by atoms with van der Waals surface area (Å²) in [5.41, 5.74) is 18.8. The Morgan fingerprint density at radius 1 is 0.533 bits per heavy atom. The van der Waals surface area contributed by atoms with Crippen molar-refractivity contribution in [2.45, 2.75) is 119 Å². The van der Waals surface area contributed by atoms with Crippen LogP contribution in [-0.4, -0.2) is 137 Å². The van der Waals surface area contributed by atoms with Crippen LogP contribution in [0.25, 0.3) is 10.8 Å². The van der Waals surface area contributed by atoms with Crippen molar-refractivity contribution in [2.24, 2.45) is 22.2 Å². The first-order valence-electron chi connectivity index (χ1n) is 25.4. The minimum atomic E-state index is -1.65. The average molecular weight is 1030 g/mol. The lowest BCUT2D eigenvalue weighted by molar-refractivity contribution is -0.148. The van der Waals surface area contributed by atoms with Gasteiger partial charge in [0.1, 0.15) is 48.3 Å². The van der Waals surface area contributed by atoms with Gasteiger partial charge in [0, 0.05) is 38.9 Å². The maximum atomic E-state index is 14.8. The van der Waals surface area contributed by atoms with Gasteiger partial charge in [0.25, 0.3) is 0 Å². The number of primary amides is 1. The number of amides is 9. The number of carbonyl (C=O) groups excluding carboxylic acids is 9. The molecule has 0 aromatic heterocycles. The lowest BCUT2D eigenvalue weighted by Crippen LogP contribution is -2.61. The molecule has 3 aliphatic heterocycles. The number of aliphatic imine (C=N–C) groups is 1. The summed E-state index contributed by atoms with van der Waals surface area (Å²) in [6.45, 7) is 1.84. The number of benzene rings is 4. The highest BCUT2D eigenvalue weighted by molar-refractivity contribution is 6.00. The second-order valence-corrected chi connectivity index (χ2v) is 19.3. The van der Waals surface area contributed by atoms with Gasteiger partial charge in [-0.05, 0) is 72.9 Å². The van der Waals surface area contributed by atoms with Crippen molar-refractivity contribution in [1.82, 2.24) is 41.7 Å². The molecular formula is C54H66N12O9. The number of fused-ring (bicyclic) bond motifs is 3. The standard InChI is InChI=1S/C54H66N12O9/c1-32-46(68)64-42(29-34-16-6-3-7-17-34)52(74)66-27-13-24-44(66)53(75)65-26-12-23-43(65)51(73)60-38(22-11-25-58-54(56)57)47(69)61-39(28-33-14-4-2-5-15-33)49(71)62-40(50(72)63-41(31-45(55)67)48(70)59-32)30-36-20-10-19-35-18-8-9-21-37(35)36/h2-10,14-21,32,38-44H,11-13,22-31H2,1H3,(H2,55,67)(H,59,70)(H,60,73)(H,61,69)(H,62,71)(H,63,72)(H,64,68)(H4,56,57,58)/t32-,38-,39-,40?,41-,42-,43-,44+/m0/s1. The molecule has 3 aliphatic rings. The molecule has 3 saturated heterocycles. The van der Waals surface area contributed by atoms with Gasteiger partial charge in [-0.15, -0.1) is 0 Å². The highest BCUT2D eigenvalue weighted by Gasteiger charge is 2.45. The molecule has 3 fully saturated rings. The molecule has 4 aromatic carbocycles. The second kappa shape index (κ2) is 25.5. The SMILES string of the molecule is C[C@@H]1NC(=O)[C@H](CC(N)=O)NC(=O)C(Cc2cccc3ccccc23)NC(=O)[C@H](Cc2ccccc2)NC(=O)[C@H](CCCN=C(N)N)NC(=O)[C@@H]2CCCN2C(=O)[C@H]2CCCN2C(=O)[C@H](Cc2ccccc2)NC1=O. The molecule has 4 aromatic rings. The molecular weight excluding hydrogens is 961 g/mol. The fraction of sp³-hybridized carbons (Fsp3) is 0.407. The van der Waals surface area contributed by atoms with Gasteiger partial charge in [-0.3, -0.25) is 48.1 Å². The molecule has 0 spiro atoms. The van der Waals surface area contributed by atoms with E-state index in [1.807, 2.05) is 30.3 Å². The van der Waals surface area contributed by atoms with Gasteiger partial charge in [0.05, 0.1) is 6.42 Å². The maximum Gasteiger partial charge on any atom is 0.246 e. The summed E-state index contributed by atoms with van der Waals surface area (Å²) >= 11 is 0. The monoisotopic (exact) mass is 1030 g/mol. The van der Waals surface area contributed by atoms with Crippen molar-refractivity contribution in [1.29, 1.82) is 0 Å². The molecule has 8 atom stereocenters. The zero-order valence-corrected chi connectivity index (χ0v) is 41.9. The van der Waals surface area contributed by atoms with Crippen LogP contribution in [0.15, 0.2) is 108 Å². The van der Waals surface area contributed by atoms with Crippen molar-refractivity contribution in [3.8, 4) is 0 Å². The van der Waals surface area contributed by atoms with Gasteiger partial charge in [0.15, 0.2) is 5.96 Å². The quantitative estimate of drug-likeness (QED) is 0.0505. The summed E-state index contributed by atoms with van der Waals surface area (Å²) in [5.74, 6) is -7.00. The van der Waals surface area contributed by atoms with Crippen molar-refractivity contribution >= 4 is 69.9 Å². The third-order valence-electron chi connectivity index (χ3n) is 13.8. The predicted molar refractivity (Wildman–Crippen MR) is 278 cm³/mol. The molecule has 1 unspecified atom stereocenters. The Kier molecular flexibility index (Phi) is 18.5. The maximum absolute atomic E-state index is 14.8. The summed E-state index contributed by atoms with van der Waals surface area (Å²) in [6, 6.07) is 20.2. The second-order valence-electron chi connectivity index (χ2n) is 19.3. The van der Waals surface area contributed by atoms with E-state index >= 15 is 0 Å². The molecule has 0 aliphatic carbocycles. The van der Waals surface area contributed by atoms with Crippen molar-refractivity contribution in [3.63, 3.8) is 0 Å². The van der Waals surface area contributed by atoms with E-state index in [9.17, 15) is 43.2 Å². The molecule has 396 valence electrons. The summed E-state index contributed by atoms with van der Waals surface area (Å²) in [6.07, 6.45) is 0.766. The normalized spacial score (nSPS) is 24.6. The Morgan fingerprint density at radius 2 is 1.04 bits per heavy atom. The van der Waals surface area contributed by atoms with Crippen LogP contribution in [0.5, 0.6) is 0 Å². The van der Waals surface area contributed by atoms with Gasteiger partial charge < -0.3 is 58.9 Å². The van der Waals surface area contributed by atoms with Gasteiger partial charge in [-0.25, -0.2) is 0 Å². The van der Waals surface area contributed by atoms with Crippen LogP contribution in [0.2, 0.25) is 0 Å². The highest BCUT2D eigenvalue weighted by Crippen LogP contribution is 2.27. The van der Waals surface area contributed by atoms with E-state index in [0.29, 0.717) is 29.5 Å². The van der Waals surface area contributed by atoms with E-state index in [1.165, 1.54) is 16.7 Å². The minimum absolute atomic E-state index is 0.00215. The van der Waals surface area contributed by atoms with Crippen LogP contribution in [0.3, 0.4) is 0 Å². The average Bonchev–Trinajstić information content (AvgIpc) is 4.10. The van der Waals surface area contributed by atoms with E-state index < -0.39 is 108 Å². The van der Waals surface area contributed by atoms with Gasteiger partial charge >= 0.3 is 0 Å². The molecule has 21 nitrogen and oxygen atoms in total. The summed E-state index contributed by atoms with van der Waals surface area (Å²) in [5, 5.41) is 18.0. The van der Waals surface area contributed by atoms with E-state index in [0.717, 1.165) is 10.8 Å². The first kappa shape index (κ1) is 54.4. The number of rotatable bonds is 12. The Morgan fingerprint density at radius 3 is 1.68 bits per heavy atom. The van der Waals surface area contributed by atoms with Crippen molar-refractivity contribution in [3.05, 3.63) is 120 Å². The zero-order valence-electron chi connectivity index (χ0n) is 41.9. The third-order valence-corrected chi connectivity index (χ3v) is 13.8. The fourth-order valence-corrected chi connectivity index (χ4v) is 9.93. The Bertz CT molecular complexity index is 2770. The molecule has 0 radical (unpaired) electrons. The third kappa shape index (κ3) is 14.4. The van der Waals surface area contributed by atoms with E-state index in [2.05, 4.69) is 36.9 Å². The lowest BCUT2D eigenvalue weighted by atomic mass is 9.97. The summed E-state index contributed by atoms with van der Waals surface area (Å²) in [4.78, 5) is 136. The summed E-state index contributed by atoms with van der Waals surface area (Å²) < 4.78 is 0. The Balaban J connectivity index is 1.28. The number of nitrogens with zero attached hydrogens (tertiary/aromatic N) is 3. The minimum Gasteiger partial charge on any atom is -0.370 e. The van der Waals surface area contributed by atoms with E-state index in [-0.39, 0.29) is 70.5 Å². The molecule has 21 heteroatoms. The highest BCUT2D eigenvalue weighted by atomic mass is 16.2. The molecule has 9 amide bonds. The number of carbonyl (C=O) groups is 9. The summed E-state index contributed by atoms with van der Waals surface area (Å²) in [7, 11) is 0. The largest absolute Gasteiger partial charge is 0.370 e. The molecule has 12 N–H and O–H groups in total. The van der Waals surface area contributed by atoms with Gasteiger partial charge in [-0.2, -0.15) is 0 Å². The van der Waals surface area contributed by atoms with Crippen molar-refractivity contribution < 1.29 is 43.2 Å². The number of hydrogen-bond acceptors (Lipinski definition) is 10. The van der Waals surface area contributed by atoms with Crippen LogP contribution in [0, 0.1) is 0 Å². The topological polar surface area (TPSA) is 323 Å². The van der Waals surface area contributed by atoms with Crippen LogP contribution in [0.1, 0.15) is 68.6 Å². The van der Waals surface area contributed by atoms with Crippen LogP contribution in [0.4, 0.5) is 0 Å². The molecule has 3 heterocycles. The lowest BCUT2D eigenvalue weighted by Gasteiger charge is -2.33. The van der Waals surface area contributed by atoms with Crippen LogP contribution < -0.4 is 49.1 Å². The molecule has 0 bridgehead atoms. The van der Waals surface area contributed by atoms with E-state index in [1.54, 1.807) is 72.8 Å².